The normalized spacial score (nSPS) is 11.3. The molecule has 0 aliphatic carbocycles. The minimum atomic E-state index is 0.297. The molecule has 108 valence electrons. The number of hydrogen-bond donors (Lipinski definition) is 2. The van der Waals surface area contributed by atoms with Crippen molar-refractivity contribution in [2.75, 3.05) is 5.43 Å². The summed E-state index contributed by atoms with van der Waals surface area (Å²) in [6, 6.07) is 5.85. The zero-order chi connectivity index (χ0) is 15.0. The van der Waals surface area contributed by atoms with Crippen molar-refractivity contribution in [3.63, 3.8) is 0 Å². The first-order valence-corrected chi connectivity index (χ1v) is 6.89. The number of anilines is 1. The molecule has 0 saturated heterocycles. The van der Waals surface area contributed by atoms with Crippen molar-refractivity contribution in [3.8, 4) is 11.5 Å². The van der Waals surface area contributed by atoms with Crippen LogP contribution in [0.2, 0.25) is 0 Å². The Labute approximate surface area is 123 Å². The number of imidazole rings is 1. The predicted octanol–water partition coefficient (Wildman–Crippen LogP) is 2.51. The van der Waals surface area contributed by atoms with Crippen molar-refractivity contribution in [2.24, 2.45) is 5.84 Å². The SMILES string of the molecule is Cc1nc(-c2cn3ccccc3n2)nc(NN)c1C(C)C. The first kappa shape index (κ1) is 13.5. The van der Waals surface area contributed by atoms with Crippen LogP contribution in [-0.2, 0) is 0 Å². The summed E-state index contributed by atoms with van der Waals surface area (Å²) >= 11 is 0. The zero-order valence-electron chi connectivity index (χ0n) is 12.3. The van der Waals surface area contributed by atoms with Crippen LogP contribution in [0.4, 0.5) is 5.82 Å². The van der Waals surface area contributed by atoms with Gasteiger partial charge in [0.05, 0.1) is 0 Å². The van der Waals surface area contributed by atoms with Crippen LogP contribution in [0.25, 0.3) is 17.2 Å². The molecular formula is C15H18N6. The van der Waals surface area contributed by atoms with Gasteiger partial charge in [-0.1, -0.05) is 19.9 Å². The van der Waals surface area contributed by atoms with Crippen LogP contribution < -0.4 is 11.3 Å². The average molecular weight is 282 g/mol. The summed E-state index contributed by atoms with van der Waals surface area (Å²) in [6.07, 6.45) is 3.86. The van der Waals surface area contributed by atoms with Gasteiger partial charge in [-0.3, -0.25) is 0 Å². The number of aromatic nitrogens is 4. The van der Waals surface area contributed by atoms with Gasteiger partial charge < -0.3 is 9.83 Å². The highest BCUT2D eigenvalue weighted by Gasteiger charge is 2.16. The van der Waals surface area contributed by atoms with Crippen LogP contribution in [0, 0.1) is 6.92 Å². The fourth-order valence-electron chi connectivity index (χ4n) is 2.54. The number of hydrogen-bond acceptors (Lipinski definition) is 5. The van der Waals surface area contributed by atoms with Gasteiger partial charge in [0, 0.05) is 23.7 Å². The van der Waals surface area contributed by atoms with Crippen LogP contribution >= 0.6 is 0 Å². The van der Waals surface area contributed by atoms with Crippen LogP contribution in [0.5, 0.6) is 0 Å². The molecule has 0 bridgehead atoms. The van der Waals surface area contributed by atoms with E-state index in [-0.39, 0.29) is 0 Å². The number of rotatable bonds is 3. The monoisotopic (exact) mass is 282 g/mol. The second-order valence-electron chi connectivity index (χ2n) is 5.29. The van der Waals surface area contributed by atoms with Crippen LogP contribution in [0.15, 0.2) is 30.6 Å². The van der Waals surface area contributed by atoms with Crippen molar-refractivity contribution < 1.29 is 0 Å². The molecule has 3 N–H and O–H groups in total. The van der Waals surface area contributed by atoms with Gasteiger partial charge in [-0.05, 0) is 25.0 Å². The Morgan fingerprint density at radius 3 is 2.67 bits per heavy atom. The Morgan fingerprint density at radius 2 is 2.00 bits per heavy atom. The molecule has 6 nitrogen and oxygen atoms in total. The Balaban J connectivity index is 2.16. The van der Waals surface area contributed by atoms with E-state index < -0.39 is 0 Å². The number of nitrogens with one attached hydrogen (secondary N) is 1. The van der Waals surface area contributed by atoms with Crippen molar-refractivity contribution in [3.05, 3.63) is 41.9 Å². The number of pyridine rings is 1. The molecule has 0 aliphatic rings. The Kier molecular flexibility index (Phi) is 3.31. The predicted molar refractivity (Wildman–Crippen MR) is 82.9 cm³/mol. The summed E-state index contributed by atoms with van der Waals surface area (Å²) in [5, 5.41) is 0. The highest BCUT2D eigenvalue weighted by atomic mass is 15.3. The number of aryl methyl sites for hydroxylation is 1. The molecule has 0 saturated carbocycles. The molecule has 0 amide bonds. The molecule has 21 heavy (non-hydrogen) atoms. The quantitative estimate of drug-likeness (QED) is 0.570. The smallest absolute Gasteiger partial charge is 0.182 e. The lowest BCUT2D eigenvalue weighted by Gasteiger charge is -2.14. The summed E-state index contributed by atoms with van der Waals surface area (Å²) in [7, 11) is 0. The third-order valence-corrected chi connectivity index (χ3v) is 3.44. The van der Waals surface area contributed by atoms with E-state index in [1.165, 1.54) is 0 Å². The van der Waals surface area contributed by atoms with Crippen molar-refractivity contribution >= 4 is 11.5 Å². The Morgan fingerprint density at radius 1 is 1.19 bits per heavy atom. The van der Waals surface area contributed by atoms with Gasteiger partial charge in [0.1, 0.15) is 17.2 Å². The molecule has 0 atom stereocenters. The second-order valence-corrected chi connectivity index (χ2v) is 5.29. The van der Waals surface area contributed by atoms with E-state index in [4.69, 9.17) is 5.84 Å². The van der Waals surface area contributed by atoms with E-state index in [1.807, 2.05) is 41.9 Å². The molecule has 0 radical (unpaired) electrons. The van der Waals surface area contributed by atoms with E-state index in [9.17, 15) is 0 Å². The highest BCUT2D eigenvalue weighted by Crippen LogP contribution is 2.27. The maximum absolute atomic E-state index is 5.61. The van der Waals surface area contributed by atoms with Crippen LogP contribution in [0.3, 0.4) is 0 Å². The minimum absolute atomic E-state index is 0.297. The first-order valence-electron chi connectivity index (χ1n) is 6.89. The van der Waals surface area contributed by atoms with E-state index in [0.29, 0.717) is 17.6 Å². The molecule has 3 rings (SSSR count). The van der Waals surface area contributed by atoms with Crippen molar-refractivity contribution in [2.45, 2.75) is 26.7 Å². The fourth-order valence-corrected chi connectivity index (χ4v) is 2.54. The first-order chi connectivity index (χ1) is 10.1. The van der Waals surface area contributed by atoms with Crippen molar-refractivity contribution in [1.82, 2.24) is 19.4 Å². The minimum Gasteiger partial charge on any atom is -0.308 e. The molecular weight excluding hydrogens is 264 g/mol. The largest absolute Gasteiger partial charge is 0.308 e. The molecule has 0 aromatic carbocycles. The molecule has 3 heterocycles. The second kappa shape index (κ2) is 5.14. The average Bonchev–Trinajstić information content (AvgIpc) is 2.89. The summed E-state index contributed by atoms with van der Waals surface area (Å²) in [6.45, 7) is 6.16. The molecule has 0 unspecified atom stereocenters. The molecule has 0 aliphatic heterocycles. The third kappa shape index (κ3) is 2.34. The maximum atomic E-state index is 5.61. The molecule has 3 aromatic rings. The molecule has 0 fully saturated rings. The van der Waals surface area contributed by atoms with E-state index in [0.717, 1.165) is 22.6 Å². The van der Waals surface area contributed by atoms with Gasteiger partial charge in [-0.25, -0.2) is 20.8 Å². The summed E-state index contributed by atoms with van der Waals surface area (Å²) in [5.74, 6) is 7.15. The lowest BCUT2D eigenvalue weighted by Crippen LogP contribution is -2.14. The molecule has 3 aromatic heterocycles. The molecule has 6 heteroatoms. The standard InChI is InChI=1S/C15H18N6/c1-9(2)13-10(3)17-14(19-15(13)20-16)11-8-21-7-5-4-6-12(21)18-11/h4-9H,16H2,1-3H3,(H,17,19,20). The summed E-state index contributed by atoms with van der Waals surface area (Å²) in [4.78, 5) is 13.6. The van der Waals surface area contributed by atoms with Gasteiger partial charge in [0.25, 0.3) is 0 Å². The van der Waals surface area contributed by atoms with Crippen molar-refractivity contribution in [1.29, 1.82) is 0 Å². The number of nitrogen functional groups attached to an aromatic ring is 1. The Hall–Kier alpha value is -2.47. The van der Waals surface area contributed by atoms with E-state index >= 15 is 0 Å². The zero-order valence-corrected chi connectivity index (χ0v) is 12.3. The van der Waals surface area contributed by atoms with Gasteiger partial charge in [-0.15, -0.1) is 0 Å². The topological polar surface area (TPSA) is 81.1 Å². The third-order valence-electron chi connectivity index (χ3n) is 3.44. The number of nitrogens with two attached hydrogens (primary N) is 1. The van der Waals surface area contributed by atoms with E-state index in [1.54, 1.807) is 0 Å². The van der Waals surface area contributed by atoms with Crippen LogP contribution in [0.1, 0.15) is 31.0 Å². The number of nitrogens with zero attached hydrogens (tertiary/aromatic N) is 4. The number of fused-ring (bicyclic) bond motifs is 1. The number of hydrazine groups is 1. The Bertz CT molecular complexity index is 757. The highest BCUT2D eigenvalue weighted by molar-refractivity contribution is 5.60. The van der Waals surface area contributed by atoms with Gasteiger partial charge in [0.2, 0.25) is 0 Å². The van der Waals surface area contributed by atoms with Crippen LogP contribution in [-0.4, -0.2) is 19.4 Å². The molecule has 0 spiro atoms. The van der Waals surface area contributed by atoms with Gasteiger partial charge in [-0.2, -0.15) is 0 Å². The maximum Gasteiger partial charge on any atom is 0.182 e. The van der Waals surface area contributed by atoms with Gasteiger partial charge in [0.15, 0.2) is 5.82 Å². The lowest BCUT2D eigenvalue weighted by atomic mass is 10.0. The summed E-state index contributed by atoms with van der Waals surface area (Å²) in [5.41, 5.74) is 6.22. The lowest BCUT2D eigenvalue weighted by molar-refractivity contribution is 0.831. The van der Waals surface area contributed by atoms with E-state index in [2.05, 4.69) is 34.2 Å². The van der Waals surface area contributed by atoms with Gasteiger partial charge >= 0.3 is 0 Å². The fraction of sp³-hybridized carbons (Fsp3) is 0.267. The summed E-state index contributed by atoms with van der Waals surface area (Å²) < 4.78 is 1.94.